The highest BCUT2D eigenvalue weighted by atomic mass is 35.5. The smallest absolute Gasteiger partial charge is 0.352 e. The number of rotatable bonds is 7. The minimum absolute atomic E-state index is 0.0152. The zero-order valence-corrected chi connectivity index (χ0v) is 22.2. The van der Waals surface area contributed by atoms with Gasteiger partial charge < -0.3 is 21.0 Å². The van der Waals surface area contributed by atoms with Gasteiger partial charge in [-0.15, -0.1) is 11.8 Å². The molecule has 15 heteroatoms. The van der Waals surface area contributed by atoms with Crippen LogP contribution in [0.5, 0.6) is 0 Å². The van der Waals surface area contributed by atoms with Crippen LogP contribution in [0.15, 0.2) is 21.9 Å². The van der Waals surface area contributed by atoms with E-state index in [2.05, 4.69) is 20.0 Å². The highest BCUT2D eigenvalue weighted by molar-refractivity contribution is 8.00. The number of aromatic nitrogens is 2. The van der Waals surface area contributed by atoms with Gasteiger partial charge in [0.2, 0.25) is 5.51 Å². The Kier molecular flexibility index (Phi) is 6.94. The zero-order valence-electron chi connectivity index (χ0n) is 19.0. The van der Waals surface area contributed by atoms with Gasteiger partial charge >= 0.3 is 5.97 Å². The maximum Gasteiger partial charge on any atom is 0.352 e. The number of hydrogen-bond donors (Lipinski definition) is 3. The lowest BCUT2D eigenvalue weighted by Gasteiger charge is -2.49. The number of thioether (sulfide) groups is 1. The molecule has 1 aliphatic carbocycles. The van der Waals surface area contributed by atoms with Crippen molar-refractivity contribution in [3.8, 4) is 0 Å². The van der Waals surface area contributed by atoms with Crippen LogP contribution in [0, 0.1) is 0 Å². The summed E-state index contributed by atoms with van der Waals surface area (Å²) in [5, 5.41) is 15.9. The number of nitrogens with two attached hydrogens (primary N) is 1. The van der Waals surface area contributed by atoms with Crippen LogP contribution in [0.4, 0.5) is 5.13 Å². The van der Waals surface area contributed by atoms with E-state index in [-0.39, 0.29) is 26.6 Å². The van der Waals surface area contributed by atoms with Gasteiger partial charge in [0.1, 0.15) is 34.3 Å². The van der Waals surface area contributed by atoms with Crippen LogP contribution in [0.25, 0.3) is 0 Å². The van der Waals surface area contributed by atoms with Gasteiger partial charge in [0.05, 0.1) is 4.88 Å². The normalized spacial score (nSPS) is 21.6. The molecule has 5 rings (SSSR count). The Morgan fingerprint density at radius 3 is 2.89 bits per heavy atom. The van der Waals surface area contributed by atoms with Crippen LogP contribution >= 0.6 is 46.0 Å². The highest BCUT2D eigenvalue weighted by Gasteiger charge is 2.55. The fourth-order valence-corrected chi connectivity index (χ4v) is 7.92. The largest absolute Gasteiger partial charge is 0.477 e. The summed E-state index contributed by atoms with van der Waals surface area (Å²) in [6.45, 7) is 0.419. The number of oxime groups is 1. The monoisotopic (exact) mass is 569 g/mol. The van der Waals surface area contributed by atoms with Crippen molar-refractivity contribution in [2.24, 2.45) is 5.16 Å². The first-order valence-electron chi connectivity index (χ1n) is 11.0. The van der Waals surface area contributed by atoms with E-state index in [4.69, 9.17) is 22.2 Å². The number of carbonyl (C=O) groups excluding carboxylic acids is 2. The lowest BCUT2D eigenvalue weighted by atomic mass is 10.0. The van der Waals surface area contributed by atoms with E-state index < -0.39 is 29.2 Å². The molecule has 4 heterocycles. The molecular weight excluding hydrogens is 548 g/mol. The van der Waals surface area contributed by atoms with Crippen LogP contribution in [0.1, 0.15) is 29.1 Å². The molecular formula is C21H22ClN6O5S3+. The Labute approximate surface area is 223 Å². The predicted molar refractivity (Wildman–Crippen MR) is 136 cm³/mol. The number of halogens is 1. The number of carbonyl (C=O) groups is 3. The minimum atomic E-state index is -1.16. The number of nitrogens with one attached hydrogen (secondary N) is 1. The first-order chi connectivity index (χ1) is 17.3. The Hall–Kier alpha value is -2.68. The molecule has 36 heavy (non-hydrogen) atoms. The number of fused-ring (bicyclic) bond motifs is 2. The first-order valence-corrected chi connectivity index (χ1v) is 14.1. The molecule has 0 unspecified atom stereocenters. The second kappa shape index (κ2) is 10.00. The van der Waals surface area contributed by atoms with Gasteiger partial charge in [-0.25, -0.2) is 9.78 Å². The molecule has 0 spiro atoms. The number of carboxylic acid groups (broad SMARTS) is 1. The average molecular weight is 570 g/mol. The van der Waals surface area contributed by atoms with Gasteiger partial charge in [-0.1, -0.05) is 39.4 Å². The Balaban J connectivity index is 1.36. The van der Waals surface area contributed by atoms with Gasteiger partial charge in [0.15, 0.2) is 23.1 Å². The molecule has 2 atom stereocenters. The van der Waals surface area contributed by atoms with Crippen molar-refractivity contribution in [1.29, 1.82) is 0 Å². The average Bonchev–Trinajstić information content (AvgIpc) is 3.42. The third-order valence-corrected chi connectivity index (χ3v) is 9.69. The topological polar surface area (TPSA) is 151 Å². The fourth-order valence-electron chi connectivity index (χ4n) is 4.58. The van der Waals surface area contributed by atoms with Crippen molar-refractivity contribution in [2.45, 2.75) is 43.6 Å². The number of nitrogens with zero attached hydrogens (tertiary/aromatic N) is 4. The fraction of sp³-hybridized carbons (Fsp3) is 0.429. The summed E-state index contributed by atoms with van der Waals surface area (Å²) in [5.74, 6) is -1.97. The summed E-state index contributed by atoms with van der Waals surface area (Å²) in [7, 11) is 1.26. The summed E-state index contributed by atoms with van der Waals surface area (Å²) >= 11 is 10.2. The number of aliphatic carboxylic acids is 1. The van der Waals surface area contributed by atoms with E-state index in [0.29, 0.717) is 17.9 Å². The molecule has 3 aliphatic rings. The lowest BCUT2D eigenvalue weighted by Crippen LogP contribution is -2.71. The Morgan fingerprint density at radius 1 is 1.42 bits per heavy atom. The van der Waals surface area contributed by atoms with Gasteiger partial charge in [-0.05, 0) is 19.3 Å². The highest BCUT2D eigenvalue weighted by Crippen LogP contribution is 2.40. The van der Waals surface area contributed by atoms with Crippen molar-refractivity contribution in [3.63, 3.8) is 0 Å². The lowest BCUT2D eigenvalue weighted by molar-refractivity contribution is -0.692. The van der Waals surface area contributed by atoms with Crippen molar-refractivity contribution in [1.82, 2.24) is 15.2 Å². The number of amides is 2. The predicted octanol–water partition coefficient (Wildman–Crippen LogP) is 1.40. The second-order valence-electron chi connectivity index (χ2n) is 8.34. The van der Waals surface area contributed by atoms with Crippen LogP contribution in [-0.2, 0) is 38.6 Å². The third-order valence-electron chi connectivity index (χ3n) is 6.18. The number of carboxylic acids is 1. The van der Waals surface area contributed by atoms with E-state index in [1.54, 1.807) is 11.3 Å². The summed E-state index contributed by atoms with van der Waals surface area (Å²) in [6, 6.07) is -0.934. The van der Waals surface area contributed by atoms with E-state index >= 15 is 0 Å². The van der Waals surface area contributed by atoms with Gasteiger partial charge in [-0.3, -0.25) is 14.5 Å². The van der Waals surface area contributed by atoms with Crippen molar-refractivity contribution in [3.05, 3.63) is 37.4 Å². The summed E-state index contributed by atoms with van der Waals surface area (Å²) in [5.41, 5.74) is 9.43. The molecule has 2 aliphatic heterocycles. The molecule has 11 nitrogen and oxygen atoms in total. The van der Waals surface area contributed by atoms with Crippen LogP contribution in [-0.4, -0.2) is 62.8 Å². The van der Waals surface area contributed by atoms with E-state index in [9.17, 15) is 19.5 Å². The number of hydrogen-bond acceptors (Lipinski definition) is 10. The SMILES string of the molecule is CO/N=C(\C(=O)N[C@@H]1C(=O)N2C(C(=O)O)=C(C[n+]3csc4c3CCCC4)CS[C@@H]12)c1nc(N)sc1Cl. The van der Waals surface area contributed by atoms with Gasteiger partial charge in [0.25, 0.3) is 11.8 Å². The van der Waals surface area contributed by atoms with Crippen LogP contribution in [0.3, 0.4) is 0 Å². The molecule has 190 valence electrons. The summed E-state index contributed by atoms with van der Waals surface area (Å²) in [4.78, 5) is 49.7. The molecule has 0 aromatic carbocycles. The maximum absolute atomic E-state index is 13.1. The minimum Gasteiger partial charge on any atom is -0.477 e. The zero-order chi connectivity index (χ0) is 25.6. The molecule has 1 saturated heterocycles. The van der Waals surface area contributed by atoms with Crippen LogP contribution < -0.4 is 15.6 Å². The molecule has 4 N–H and O–H groups in total. The quantitative estimate of drug-likeness (QED) is 0.196. The second-order valence-corrected chi connectivity index (χ2v) is 12.0. The van der Waals surface area contributed by atoms with E-state index in [1.165, 1.54) is 40.8 Å². The number of aryl methyl sites for hydroxylation is 1. The first kappa shape index (κ1) is 25.0. The standard InChI is InChI=1S/C21H21ClN6O5S3/c1-33-26-13(12-16(22)36-21(23)25-12)17(29)24-14-18(30)28-15(20(31)32)9(7-34-19(14)28)6-27-8-35-11-5-3-2-4-10(11)27/h8,14,19H,2-7H2,1H3,(H3-,23,24,25,29,31,32)/p+1/b26-13-/t14-,19+/m1/s1. The summed E-state index contributed by atoms with van der Waals surface area (Å²) < 4.78 is 2.26. The molecule has 0 saturated carbocycles. The van der Waals surface area contributed by atoms with Crippen LogP contribution in [0.2, 0.25) is 4.34 Å². The number of β-lactam (4-membered cyclic amide) rings is 1. The van der Waals surface area contributed by atoms with Crippen molar-refractivity contribution < 1.29 is 28.9 Å². The molecule has 0 bridgehead atoms. The third kappa shape index (κ3) is 4.35. The van der Waals surface area contributed by atoms with E-state index in [1.807, 2.05) is 5.51 Å². The number of nitrogen functional groups attached to an aromatic ring is 1. The molecule has 2 aromatic heterocycles. The Morgan fingerprint density at radius 2 is 2.19 bits per heavy atom. The molecule has 2 amide bonds. The molecule has 0 radical (unpaired) electrons. The molecule has 1 fully saturated rings. The molecule has 2 aromatic rings. The van der Waals surface area contributed by atoms with Gasteiger partial charge in [0, 0.05) is 17.7 Å². The Bertz CT molecular complexity index is 1320. The van der Waals surface area contributed by atoms with Gasteiger partial charge in [-0.2, -0.15) is 4.57 Å². The van der Waals surface area contributed by atoms with E-state index in [0.717, 1.165) is 30.6 Å². The van der Waals surface area contributed by atoms with Crippen molar-refractivity contribution in [2.75, 3.05) is 18.6 Å². The maximum atomic E-state index is 13.1. The number of anilines is 1. The summed E-state index contributed by atoms with van der Waals surface area (Å²) in [6.07, 6.45) is 4.31. The van der Waals surface area contributed by atoms with Crippen molar-refractivity contribution >= 4 is 74.7 Å². The number of thiazole rings is 2.